The summed E-state index contributed by atoms with van der Waals surface area (Å²) < 4.78 is 0. The molecule has 0 fully saturated rings. The fraction of sp³-hybridized carbons (Fsp3) is 0. The lowest BCUT2D eigenvalue weighted by molar-refractivity contribution is 0.0997. The van der Waals surface area contributed by atoms with Crippen molar-refractivity contribution in [1.82, 2.24) is 4.98 Å². The minimum Gasteiger partial charge on any atom is -0.366 e. The van der Waals surface area contributed by atoms with Crippen molar-refractivity contribution in [2.45, 2.75) is 0 Å². The number of nitrogens with zero attached hydrogens (tertiary/aromatic N) is 1. The summed E-state index contributed by atoms with van der Waals surface area (Å²) in [6, 6.07) is 18.4. The maximum absolute atomic E-state index is 12.7. The molecule has 0 aliphatic rings. The minimum atomic E-state index is -0.494. The molecule has 2 aromatic heterocycles. The average Bonchev–Trinajstić information content (AvgIpc) is 3.40. The van der Waals surface area contributed by atoms with E-state index in [1.807, 2.05) is 47.8 Å². The van der Waals surface area contributed by atoms with Crippen molar-refractivity contribution >= 4 is 40.2 Å². The molecule has 0 bridgehead atoms. The number of carbonyl (C=O) groups is 2. The van der Waals surface area contributed by atoms with E-state index < -0.39 is 5.91 Å². The molecule has 28 heavy (non-hydrogen) atoms. The number of amides is 2. The third kappa shape index (κ3) is 3.71. The number of hydrogen-bond acceptors (Lipinski definition) is 5. The Morgan fingerprint density at radius 1 is 0.964 bits per heavy atom. The van der Waals surface area contributed by atoms with Crippen LogP contribution in [-0.2, 0) is 0 Å². The lowest BCUT2D eigenvalue weighted by Gasteiger charge is -2.11. The van der Waals surface area contributed by atoms with Gasteiger partial charge < -0.3 is 11.1 Å². The van der Waals surface area contributed by atoms with Gasteiger partial charge in [-0.3, -0.25) is 9.59 Å². The highest BCUT2D eigenvalue weighted by Gasteiger charge is 2.15. The van der Waals surface area contributed by atoms with Crippen molar-refractivity contribution in [3.63, 3.8) is 0 Å². The van der Waals surface area contributed by atoms with Crippen LogP contribution in [0.1, 0.15) is 20.8 Å². The molecule has 3 N–H and O–H groups in total. The van der Waals surface area contributed by atoms with Crippen molar-refractivity contribution in [3.8, 4) is 21.0 Å². The van der Waals surface area contributed by atoms with Crippen molar-refractivity contribution in [2.24, 2.45) is 5.73 Å². The third-order valence-corrected chi connectivity index (χ3v) is 5.98. The number of hydrogen-bond donors (Lipinski definition) is 2. The van der Waals surface area contributed by atoms with E-state index >= 15 is 0 Å². The van der Waals surface area contributed by atoms with E-state index in [9.17, 15) is 9.59 Å². The summed E-state index contributed by atoms with van der Waals surface area (Å²) in [7, 11) is 0. The number of thiazole rings is 1. The van der Waals surface area contributed by atoms with Gasteiger partial charge in [0.05, 0.1) is 4.88 Å². The van der Waals surface area contributed by atoms with Gasteiger partial charge in [0.25, 0.3) is 5.91 Å². The quantitative estimate of drug-likeness (QED) is 0.496. The van der Waals surface area contributed by atoms with Gasteiger partial charge in [-0.2, -0.15) is 0 Å². The number of aromatic nitrogens is 1. The Labute approximate surface area is 169 Å². The van der Waals surface area contributed by atoms with Gasteiger partial charge in [-0.05, 0) is 35.2 Å². The van der Waals surface area contributed by atoms with E-state index in [0.29, 0.717) is 16.9 Å². The number of nitrogens with two attached hydrogens (primary N) is 1. The van der Waals surface area contributed by atoms with Crippen LogP contribution in [0.2, 0.25) is 0 Å². The Morgan fingerprint density at radius 2 is 1.82 bits per heavy atom. The first-order valence-corrected chi connectivity index (χ1v) is 10.2. The molecule has 0 spiro atoms. The zero-order chi connectivity index (χ0) is 19.5. The predicted molar refractivity (Wildman–Crippen MR) is 114 cm³/mol. The van der Waals surface area contributed by atoms with Gasteiger partial charge in [-0.15, -0.1) is 22.7 Å². The van der Waals surface area contributed by atoms with Crippen LogP contribution in [0.3, 0.4) is 0 Å². The number of carbonyl (C=O) groups excluding carboxylic acids is 2. The molecule has 2 amide bonds. The molecule has 138 valence electrons. The summed E-state index contributed by atoms with van der Waals surface area (Å²) in [6.07, 6.45) is 0. The first-order valence-electron chi connectivity index (χ1n) is 8.42. The third-order valence-electron chi connectivity index (χ3n) is 4.10. The van der Waals surface area contributed by atoms with Crippen molar-refractivity contribution in [3.05, 3.63) is 82.7 Å². The van der Waals surface area contributed by atoms with Crippen LogP contribution in [0.5, 0.6) is 0 Å². The predicted octanol–water partition coefficient (Wildman–Crippen LogP) is 4.89. The monoisotopic (exact) mass is 405 g/mol. The first-order chi connectivity index (χ1) is 13.6. The van der Waals surface area contributed by atoms with E-state index in [0.717, 1.165) is 21.0 Å². The maximum atomic E-state index is 12.7. The van der Waals surface area contributed by atoms with Gasteiger partial charge in [0.2, 0.25) is 5.91 Å². The summed E-state index contributed by atoms with van der Waals surface area (Å²) in [4.78, 5) is 29.7. The number of primary amides is 1. The first kappa shape index (κ1) is 18.1. The van der Waals surface area contributed by atoms with Gasteiger partial charge in [-0.1, -0.05) is 36.4 Å². The second kappa shape index (κ2) is 7.75. The summed E-state index contributed by atoms with van der Waals surface area (Å²) in [5.41, 5.74) is 8.40. The topological polar surface area (TPSA) is 85.1 Å². The fourth-order valence-electron chi connectivity index (χ4n) is 2.76. The SMILES string of the molecule is NC(=O)c1cccc(-c2ccccc2NC(=O)c2csc(-c3cccs3)n2)c1. The Hall–Kier alpha value is -3.29. The van der Waals surface area contributed by atoms with Crippen molar-refractivity contribution < 1.29 is 9.59 Å². The second-order valence-electron chi connectivity index (χ2n) is 5.96. The average molecular weight is 406 g/mol. The molecular formula is C21H15N3O2S2. The molecule has 0 saturated carbocycles. The van der Waals surface area contributed by atoms with Crippen molar-refractivity contribution in [1.29, 1.82) is 0 Å². The highest BCUT2D eigenvalue weighted by Crippen LogP contribution is 2.30. The molecule has 5 nitrogen and oxygen atoms in total. The van der Waals surface area contributed by atoms with Crippen LogP contribution in [0.15, 0.2) is 71.4 Å². The van der Waals surface area contributed by atoms with Gasteiger partial charge in [0.1, 0.15) is 10.7 Å². The molecule has 0 aliphatic carbocycles. The zero-order valence-corrected chi connectivity index (χ0v) is 16.2. The minimum absolute atomic E-state index is 0.280. The molecule has 0 aliphatic heterocycles. The Kier molecular flexibility index (Phi) is 5.01. The van der Waals surface area contributed by atoms with Crippen LogP contribution in [0, 0.1) is 0 Å². The molecule has 4 aromatic rings. The van der Waals surface area contributed by atoms with Crippen LogP contribution in [-0.4, -0.2) is 16.8 Å². The van der Waals surface area contributed by atoms with Gasteiger partial charge in [0, 0.05) is 22.2 Å². The molecule has 0 radical (unpaired) electrons. The maximum Gasteiger partial charge on any atom is 0.275 e. The Bertz CT molecular complexity index is 1150. The molecular weight excluding hydrogens is 390 g/mol. The summed E-state index contributed by atoms with van der Waals surface area (Å²) in [6.45, 7) is 0. The fourth-order valence-corrected chi connectivity index (χ4v) is 4.38. The number of nitrogens with one attached hydrogen (secondary N) is 1. The normalized spacial score (nSPS) is 10.6. The van der Waals surface area contributed by atoms with E-state index in [-0.39, 0.29) is 5.91 Å². The number of rotatable bonds is 5. The van der Waals surface area contributed by atoms with Crippen LogP contribution >= 0.6 is 22.7 Å². The molecule has 4 rings (SSSR count). The molecule has 0 atom stereocenters. The van der Waals surface area contributed by atoms with Gasteiger partial charge in [-0.25, -0.2) is 4.98 Å². The largest absolute Gasteiger partial charge is 0.366 e. The van der Waals surface area contributed by atoms with E-state index in [2.05, 4.69) is 10.3 Å². The molecule has 0 saturated heterocycles. The lowest BCUT2D eigenvalue weighted by atomic mass is 10.0. The zero-order valence-electron chi connectivity index (χ0n) is 14.6. The number of benzene rings is 2. The smallest absolute Gasteiger partial charge is 0.275 e. The molecule has 2 heterocycles. The number of anilines is 1. The highest BCUT2D eigenvalue weighted by molar-refractivity contribution is 7.20. The molecule has 7 heteroatoms. The summed E-state index contributed by atoms with van der Waals surface area (Å²) >= 11 is 3.03. The molecule has 0 unspecified atom stereocenters. The Balaban J connectivity index is 1.62. The number of para-hydroxylation sites is 1. The number of thiophene rings is 1. The second-order valence-corrected chi connectivity index (χ2v) is 7.77. The lowest BCUT2D eigenvalue weighted by Crippen LogP contribution is -2.13. The summed E-state index contributed by atoms with van der Waals surface area (Å²) in [5, 5.41) is 7.48. The van der Waals surface area contributed by atoms with E-state index in [1.54, 1.807) is 34.9 Å². The van der Waals surface area contributed by atoms with E-state index in [4.69, 9.17) is 5.73 Å². The van der Waals surface area contributed by atoms with Crippen LogP contribution in [0.25, 0.3) is 21.0 Å². The Morgan fingerprint density at radius 3 is 2.61 bits per heavy atom. The van der Waals surface area contributed by atoms with E-state index in [1.165, 1.54) is 11.3 Å². The van der Waals surface area contributed by atoms with Crippen LogP contribution in [0.4, 0.5) is 5.69 Å². The standard InChI is InChI=1S/C21H15N3O2S2/c22-19(25)14-6-3-5-13(11-14)15-7-1-2-8-16(15)23-20(26)17-12-28-21(24-17)18-9-4-10-27-18/h1-12H,(H2,22,25)(H,23,26). The van der Waals surface area contributed by atoms with Crippen LogP contribution < -0.4 is 11.1 Å². The van der Waals surface area contributed by atoms with Crippen molar-refractivity contribution in [2.75, 3.05) is 5.32 Å². The summed E-state index contributed by atoms with van der Waals surface area (Å²) in [5.74, 6) is -0.774. The molecule has 2 aromatic carbocycles. The van der Waals surface area contributed by atoms with Gasteiger partial charge >= 0.3 is 0 Å². The highest BCUT2D eigenvalue weighted by atomic mass is 32.1. The van der Waals surface area contributed by atoms with Gasteiger partial charge in [0.15, 0.2) is 0 Å².